The monoisotopic (exact) mass is 349 g/mol. The van der Waals surface area contributed by atoms with Crippen molar-refractivity contribution in [1.29, 1.82) is 0 Å². The van der Waals surface area contributed by atoms with Crippen LogP contribution in [0.1, 0.15) is 45.1 Å². The minimum Gasteiger partial charge on any atom is -0.478 e. The summed E-state index contributed by atoms with van der Waals surface area (Å²) in [6.45, 7) is 0.353. The Bertz CT molecular complexity index is 897. The van der Waals surface area contributed by atoms with Crippen LogP contribution in [0, 0.1) is 0 Å². The van der Waals surface area contributed by atoms with Crippen LogP contribution < -0.4 is 0 Å². The molecular formula is C16H15NO4S2. The van der Waals surface area contributed by atoms with Gasteiger partial charge in [-0.05, 0) is 48.1 Å². The van der Waals surface area contributed by atoms with Crippen LogP contribution in [0.25, 0.3) is 0 Å². The summed E-state index contributed by atoms with van der Waals surface area (Å²) < 4.78 is 27.4. The molecule has 4 rings (SSSR count). The van der Waals surface area contributed by atoms with Crippen molar-refractivity contribution in [1.82, 2.24) is 4.31 Å². The predicted molar refractivity (Wildman–Crippen MR) is 86.1 cm³/mol. The van der Waals surface area contributed by atoms with Gasteiger partial charge >= 0.3 is 5.97 Å². The Hall–Kier alpha value is -1.70. The number of aromatic carboxylic acids is 1. The van der Waals surface area contributed by atoms with Crippen LogP contribution >= 0.6 is 11.3 Å². The normalized spacial score (nSPS) is 18.1. The second-order valence-electron chi connectivity index (χ2n) is 5.95. The number of hydrogen-bond donors (Lipinski definition) is 1. The van der Waals surface area contributed by atoms with Gasteiger partial charge in [-0.1, -0.05) is 12.1 Å². The minimum absolute atomic E-state index is 0.122. The van der Waals surface area contributed by atoms with Gasteiger partial charge in [0.15, 0.2) is 0 Å². The molecule has 0 spiro atoms. The molecule has 5 nitrogen and oxygen atoms in total. The molecule has 1 aliphatic heterocycles. The zero-order valence-corrected chi connectivity index (χ0v) is 13.9. The molecule has 0 bridgehead atoms. The number of rotatable bonds is 4. The number of hydrogen-bond acceptors (Lipinski definition) is 4. The summed E-state index contributed by atoms with van der Waals surface area (Å²) in [5.74, 6) is -0.494. The zero-order chi connectivity index (χ0) is 16.2. The van der Waals surface area contributed by atoms with Crippen LogP contribution in [-0.4, -0.2) is 23.8 Å². The molecule has 0 atom stereocenters. The van der Waals surface area contributed by atoms with E-state index in [0.29, 0.717) is 15.7 Å². The molecule has 120 valence electrons. The van der Waals surface area contributed by atoms with E-state index in [1.165, 1.54) is 21.7 Å². The van der Waals surface area contributed by atoms with Gasteiger partial charge in [-0.2, -0.15) is 4.31 Å². The van der Waals surface area contributed by atoms with Crippen molar-refractivity contribution in [2.24, 2.45) is 0 Å². The highest BCUT2D eigenvalue weighted by molar-refractivity contribution is 7.91. The first-order valence-electron chi connectivity index (χ1n) is 7.41. The van der Waals surface area contributed by atoms with E-state index >= 15 is 0 Å². The lowest BCUT2D eigenvalue weighted by Gasteiger charge is -2.14. The number of thiophene rings is 1. The summed E-state index contributed by atoms with van der Waals surface area (Å²) in [5.41, 5.74) is 1.56. The lowest BCUT2D eigenvalue weighted by atomic mass is 10.0. The maximum absolute atomic E-state index is 12.8. The molecule has 23 heavy (non-hydrogen) atoms. The Kier molecular flexibility index (Phi) is 3.33. The predicted octanol–water partition coefficient (Wildman–Crippen LogP) is 3.03. The van der Waals surface area contributed by atoms with E-state index in [1.807, 2.05) is 6.07 Å². The van der Waals surface area contributed by atoms with Crippen LogP contribution in [0.2, 0.25) is 0 Å². The van der Waals surface area contributed by atoms with E-state index < -0.39 is 16.0 Å². The van der Waals surface area contributed by atoms with Gasteiger partial charge in [0, 0.05) is 18.0 Å². The van der Waals surface area contributed by atoms with Gasteiger partial charge < -0.3 is 5.11 Å². The van der Waals surface area contributed by atoms with Crippen LogP contribution in [0.15, 0.2) is 34.5 Å². The average molecular weight is 349 g/mol. The third-order valence-electron chi connectivity index (χ3n) is 4.36. The van der Waals surface area contributed by atoms with Crippen molar-refractivity contribution >= 4 is 27.3 Å². The molecule has 2 aliphatic rings. The largest absolute Gasteiger partial charge is 0.478 e. The van der Waals surface area contributed by atoms with Gasteiger partial charge in [-0.25, -0.2) is 13.2 Å². The van der Waals surface area contributed by atoms with Crippen LogP contribution in [0.3, 0.4) is 0 Å². The minimum atomic E-state index is -3.57. The molecule has 2 heterocycles. The van der Waals surface area contributed by atoms with Gasteiger partial charge in [0.2, 0.25) is 0 Å². The molecule has 0 saturated heterocycles. The Labute approximate surface area is 138 Å². The molecule has 1 aromatic heterocycles. The Morgan fingerprint density at radius 1 is 1.17 bits per heavy atom. The second-order valence-corrected chi connectivity index (χ2v) is 9.23. The number of carbonyl (C=O) groups is 1. The fraction of sp³-hybridized carbons (Fsp3) is 0.312. The molecule has 1 saturated carbocycles. The molecule has 0 amide bonds. The number of nitrogens with zero attached hydrogens (tertiary/aromatic N) is 1. The average Bonchev–Trinajstić information content (AvgIpc) is 3.08. The molecule has 1 aliphatic carbocycles. The van der Waals surface area contributed by atoms with Crippen LogP contribution in [-0.2, 0) is 23.1 Å². The summed E-state index contributed by atoms with van der Waals surface area (Å²) in [6.07, 6.45) is 2.27. The fourth-order valence-corrected chi connectivity index (χ4v) is 5.99. The SMILES string of the molecule is O=C(O)c1cccc2c1CN(S(=O)(=O)c1ccc(C3CC3)s1)C2. The highest BCUT2D eigenvalue weighted by Gasteiger charge is 2.35. The van der Waals surface area contributed by atoms with Crippen molar-refractivity contribution in [3.8, 4) is 0 Å². The molecule has 7 heteroatoms. The standard InChI is InChI=1S/C16H15NO4S2/c18-16(19)12-3-1-2-11-8-17(9-13(11)12)23(20,21)15-7-6-14(22-15)10-4-5-10/h1-3,6-7,10H,4-5,8-9H2,(H,18,19). The van der Waals surface area contributed by atoms with Gasteiger partial charge in [0.25, 0.3) is 10.0 Å². The Morgan fingerprint density at radius 3 is 2.65 bits per heavy atom. The zero-order valence-electron chi connectivity index (χ0n) is 12.2. The highest BCUT2D eigenvalue weighted by Crippen LogP contribution is 2.44. The number of carboxylic acid groups (broad SMARTS) is 1. The molecule has 1 aromatic carbocycles. The van der Waals surface area contributed by atoms with Gasteiger partial charge in [0.1, 0.15) is 4.21 Å². The lowest BCUT2D eigenvalue weighted by Crippen LogP contribution is -2.25. The highest BCUT2D eigenvalue weighted by atomic mass is 32.2. The van der Waals surface area contributed by atoms with E-state index in [1.54, 1.807) is 18.2 Å². The molecule has 1 N–H and O–H groups in total. The summed E-state index contributed by atoms with van der Waals surface area (Å²) in [6, 6.07) is 8.56. The second kappa shape index (κ2) is 5.15. The van der Waals surface area contributed by atoms with Crippen LogP contribution in [0.5, 0.6) is 0 Å². The smallest absolute Gasteiger partial charge is 0.336 e. The van der Waals surface area contributed by atoms with Gasteiger partial charge in [0.05, 0.1) is 5.56 Å². The molecule has 1 fully saturated rings. The Balaban J connectivity index is 1.66. The fourth-order valence-electron chi connectivity index (χ4n) is 2.95. The van der Waals surface area contributed by atoms with Crippen LogP contribution in [0.4, 0.5) is 0 Å². The number of benzene rings is 1. The molecule has 0 unspecified atom stereocenters. The number of fused-ring (bicyclic) bond motifs is 1. The molecule has 2 aromatic rings. The van der Waals surface area contributed by atoms with Crippen molar-refractivity contribution in [3.05, 3.63) is 51.9 Å². The number of carboxylic acids is 1. The third kappa shape index (κ3) is 2.49. The van der Waals surface area contributed by atoms with Gasteiger partial charge in [-0.15, -0.1) is 11.3 Å². The van der Waals surface area contributed by atoms with E-state index in [2.05, 4.69) is 0 Å². The van der Waals surface area contributed by atoms with E-state index in [9.17, 15) is 18.3 Å². The number of sulfonamides is 1. The molecular weight excluding hydrogens is 334 g/mol. The van der Waals surface area contributed by atoms with E-state index in [4.69, 9.17) is 0 Å². The van der Waals surface area contributed by atoms with Crippen molar-refractivity contribution < 1.29 is 18.3 Å². The van der Waals surface area contributed by atoms with Crippen molar-refractivity contribution in [2.75, 3.05) is 0 Å². The van der Waals surface area contributed by atoms with E-state index in [-0.39, 0.29) is 18.7 Å². The summed E-state index contributed by atoms with van der Waals surface area (Å²) in [7, 11) is -3.57. The topological polar surface area (TPSA) is 74.7 Å². The maximum atomic E-state index is 12.8. The third-order valence-corrected chi connectivity index (χ3v) is 7.87. The first-order chi connectivity index (χ1) is 11.0. The van der Waals surface area contributed by atoms with Gasteiger partial charge in [-0.3, -0.25) is 0 Å². The van der Waals surface area contributed by atoms with Crippen molar-refractivity contribution in [2.45, 2.75) is 36.1 Å². The van der Waals surface area contributed by atoms with Crippen molar-refractivity contribution in [3.63, 3.8) is 0 Å². The quantitative estimate of drug-likeness (QED) is 0.921. The first-order valence-corrected chi connectivity index (χ1v) is 9.66. The van der Waals surface area contributed by atoms with E-state index in [0.717, 1.165) is 23.3 Å². The maximum Gasteiger partial charge on any atom is 0.336 e. The summed E-state index contributed by atoms with van der Waals surface area (Å²) in [4.78, 5) is 12.4. The lowest BCUT2D eigenvalue weighted by molar-refractivity contribution is 0.0695. The Morgan fingerprint density at radius 2 is 1.96 bits per heavy atom. The summed E-state index contributed by atoms with van der Waals surface area (Å²) in [5, 5.41) is 9.26. The summed E-state index contributed by atoms with van der Waals surface area (Å²) >= 11 is 1.34. The first kappa shape index (κ1) is 14.9. The molecule has 0 radical (unpaired) electrons.